The summed E-state index contributed by atoms with van der Waals surface area (Å²) in [6.07, 6.45) is 3.53. The van der Waals surface area contributed by atoms with Gasteiger partial charge in [-0.05, 0) is 23.8 Å². The van der Waals surface area contributed by atoms with Crippen LogP contribution in [0.5, 0.6) is 0 Å². The lowest BCUT2D eigenvalue weighted by Gasteiger charge is -2.05. The number of hydrogen-bond acceptors (Lipinski definition) is 2. The first kappa shape index (κ1) is 14.8. The van der Waals surface area contributed by atoms with Gasteiger partial charge in [0, 0.05) is 35.5 Å². The number of carbonyl (C=O) groups is 1. The SMILES string of the molecule is O=C(CF)NCc1ccccc1C#Cc1ccnc2[nH]ccc12. The second-order valence-corrected chi connectivity index (χ2v) is 4.92. The van der Waals surface area contributed by atoms with Crippen LogP contribution in [-0.2, 0) is 11.3 Å². The van der Waals surface area contributed by atoms with Crippen LogP contribution in [0.3, 0.4) is 0 Å². The fourth-order valence-electron chi connectivity index (χ4n) is 2.24. The van der Waals surface area contributed by atoms with E-state index >= 15 is 0 Å². The number of nitrogens with one attached hydrogen (secondary N) is 2. The highest BCUT2D eigenvalue weighted by Crippen LogP contribution is 2.14. The van der Waals surface area contributed by atoms with E-state index < -0.39 is 12.6 Å². The molecule has 2 heterocycles. The van der Waals surface area contributed by atoms with Gasteiger partial charge in [0.2, 0.25) is 0 Å². The van der Waals surface area contributed by atoms with Crippen LogP contribution in [-0.4, -0.2) is 22.5 Å². The molecule has 2 N–H and O–H groups in total. The number of benzene rings is 1. The number of nitrogens with zero attached hydrogens (tertiary/aromatic N) is 1. The third-order valence-electron chi connectivity index (χ3n) is 3.41. The highest BCUT2D eigenvalue weighted by Gasteiger charge is 2.03. The summed E-state index contributed by atoms with van der Waals surface area (Å²) >= 11 is 0. The van der Waals surface area contributed by atoms with Crippen LogP contribution in [0.1, 0.15) is 16.7 Å². The Balaban J connectivity index is 1.89. The van der Waals surface area contributed by atoms with Crippen LogP contribution in [0.4, 0.5) is 4.39 Å². The van der Waals surface area contributed by atoms with Crippen molar-refractivity contribution < 1.29 is 9.18 Å². The van der Waals surface area contributed by atoms with Crippen molar-refractivity contribution in [2.24, 2.45) is 0 Å². The van der Waals surface area contributed by atoms with E-state index in [1.807, 2.05) is 42.6 Å². The predicted octanol–water partition coefficient (Wildman–Crippen LogP) is 2.55. The molecule has 2 aromatic heterocycles. The normalized spacial score (nSPS) is 10.1. The molecule has 0 atom stereocenters. The first-order valence-corrected chi connectivity index (χ1v) is 7.12. The Labute approximate surface area is 132 Å². The molecular formula is C18H14FN3O. The molecule has 1 aromatic carbocycles. The highest BCUT2D eigenvalue weighted by atomic mass is 19.1. The molecule has 3 aromatic rings. The van der Waals surface area contributed by atoms with Crippen LogP contribution < -0.4 is 5.32 Å². The lowest BCUT2D eigenvalue weighted by atomic mass is 10.1. The van der Waals surface area contributed by atoms with E-state index in [1.54, 1.807) is 6.20 Å². The molecule has 0 bridgehead atoms. The summed E-state index contributed by atoms with van der Waals surface area (Å²) < 4.78 is 12.2. The van der Waals surface area contributed by atoms with E-state index in [0.717, 1.165) is 27.7 Å². The zero-order valence-electron chi connectivity index (χ0n) is 12.3. The summed E-state index contributed by atoms with van der Waals surface area (Å²) in [7, 11) is 0. The number of aromatic amines is 1. The van der Waals surface area contributed by atoms with Crippen LogP contribution in [0.2, 0.25) is 0 Å². The van der Waals surface area contributed by atoms with Gasteiger partial charge in [0.15, 0.2) is 6.67 Å². The van der Waals surface area contributed by atoms with Gasteiger partial charge in [-0.25, -0.2) is 9.37 Å². The average Bonchev–Trinajstić information content (AvgIpc) is 3.07. The Hall–Kier alpha value is -3.13. The third-order valence-corrected chi connectivity index (χ3v) is 3.41. The third kappa shape index (κ3) is 3.38. The van der Waals surface area contributed by atoms with Crippen molar-refractivity contribution in [3.8, 4) is 11.8 Å². The second-order valence-electron chi connectivity index (χ2n) is 4.92. The number of amides is 1. The molecule has 0 fully saturated rings. The summed E-state index contributed by atoms with van der Waals surface area (Å²) in [4.78, 5) is 18.3. The number of rotatable bonds is 3. The van der Waals surface area contributed by atoms with Gasteiger partial charge >= 0.3 is 0 Å². The van der Waals surface area contributed by atoms with Crippen molar-refractivity contribution in [2.45, 2.75) is 6.54 Å². The van der Waals surface area contributed by atoms with E-state index in [2.05, 4.69) is 27.1 Å². The first-order valence-electron chi connectivity index (χ1n) is 7.12. The number of aromatic nitrogens is 2. The van der Waals surface area contributed by atoms with Gasteiger partial charge < -0.3 is 10.3 Å². The van der Waals surface area contributed by atoms with Crippen molar-refractivity contribution in [1.82, 2.24) is 15.3 Å². The smallest absolute Gasteiger partial charge is 0.251 e. The van der Waals surface area contributed by atoms with E-state index in [0.29, 0.717) is 0 Å². The second kappa shape index (κ2) is 6.75. The minimum atomic E-state index is -1.02. The molecule has 1 amide bonds. The number of halogens is 1. The summed E-state index contributed by atoms with van der Waals surface area (Å²) in [5.74, 6) is 5.62. The van der Waals surface area contributed by atoms with E-state index in [9.17, 15) is 9.18 Å². The van der Waals surface area contributed by atoms with E-state index in [4.69, 9.17) is 0 Å². The Morgan fingerprint density at radius 2 is 2.00 bits per heavy atom. The molecular weight excluding hydrogens is 293 g/mol. The lowest BCUT2D eigenvalue weighted by Crippen LogP contribution is -2.24. The predicted molar refractivity (Wildman–Crippen MR) is 86.3 cm³/mol. The van der Waals surface area contributed by atoms with E-state index in [1.165, 1.54) is 0 Å². The molecule has 0 aliphatic rings. The van der Waals surface area contributed by atoms with Crippen LogP contribution >= 0.6 is 0 Å². The molecule has 5 heteroatoms. The largest absolute Gasteiger partial charge is 0.350 e. The lowest BCUT2D eigenvalue weighted by molar-refractivity contribution is -0.122. The number of hydrogen-bond donors (Lipinski definition) is 2. The van der Waals surface area contributed by atoms with Crippen molar-refractivity contribution in [3.63, 3.8) is 0 Å². The maximum absolute atomic E-state index is 12.2. The van der Waals surface area contributed by atoms with Crippen molar-refractivity contribution in [2.75, 3.05) is 6.67 Å². The molecule has 0 saturated heterocycles. The fourth-order valence-corrected chi connectivity index (χ4v) is 2.24. The Kier molecular flexibility index (Phi) is 4.34. The maximum Gasteiger partial charge on any atom is 0.251 e. The summed E-state index contributed by atoms with van der Waals surface area (Å²) in [5.41, 5.74) is 3.31. The average molecular weight is 307 g/mol. The molecule has 0 unspecified atom stereocenters. The van der Waals surface area contributed by atoms with E-state index in [-0.39, 0.29) is 6.54 Å². The summed E-state index contributed by atoms with van der Waals surface area (Å²) in [6.45, 7) is -0.764. The minimum Gasteiger partial charge on any atom is -0.350 e. The first-order chi connectivity index (χ1) is 11.3. The van der Waals surface area contributed by atoms with Crippen LogP contribution in [0.15, 0.2) is 48.8 Å². The van der Waals surface area contributed by atoms with Crippen molar-refractivity contribution in [3.05, 3.63) is 65.5 Å². The molecule has 0 aliphatic heterocycles. The van der Waals surface area contributed by atoms with Gasteiger partial charge in [-0.15, -0.1) is 0 Å². The topological polar surface area (TPSA) is 57.8 Å². The number of H-pyrrole nitrogens is 1. The van der Waals surface area contributed by atoms with Crippen LogP contribution in [0.25, 0.3) is 11.0 Å². The number of fused-ring (bicyclic) bond motifs is 1. The van der Waals surface area contributed by atoms with Gasteiger partial charge in [0.25, 0.3) is 5.91 Å². The quantitative estimate of drug-likeness (QED) is 0.731. The molecule has 114 valence electrons. The van der Waals surface area contributed by atoms with Gasteiger partial charge in [-0.1, -0.05) is 30.0 Å². The molecule has 4 nitrogen and oxygen atoms in total. The molecule has 3 rings (SSSR count). The molecule has 0 radical (unpaired) electrons. The Morgan fingerprint density at radius 3 is 2.87 bits per heavy atom. The zero-order valence-corrected chi connectivity index (χ0v) is 12.3. The monoisotopic (exact) mass is 307 g/mol. The highest BCUT2D eigenvalue weighted by molar-refractivity contribution is 5.82. The number of alkyl halides is 1. The maximum atomic E-state index is 12.2. The molecule has 0 spiro atoms. The Morgan fingerprint density at radius 1 is 1.17 bits per heavy atom. The summed E-state index contributed by atoms with van der Waals surface area (Å²) in [5, 5.41) is 3.48. The van der Waals surface area contributed by atoms with Gasteiger partial charge in [0.1, 0.15) is 5.65 Å². The van der Waals surface area contributed by atoms with Gasteiger partial charge in [-0.3, -0.25) is 4.79 Å². The standard InChI is InChI=1S/C18H14FN3O/c19-11-17(23)22-12-15-4-2-1-3-13(15)5-6-14-7-9-20-18-16(14)8-10-21-18/h1-4,7-10H,11-12H2,(H,20,21)(H,22,23). The van der Waals surface area contributed by atoms with Crippen molar-refractivity contribution in [1.29, 1.82) is 0 Å². The molecule has 0 saturated carbocycles. The molecule has 23 heavy (non-hydrogen) atoms. The zero-order chi connectivity index (χ0) is 16.1. The van der Waals surface area contributed by atoms with Gasteiger partial charge in [0.05, 0.1) is 0 Å². The number of carbonyl (C=O) groups excluding carboxylic acids is 1. The van der Waals surface area contributed by atoms with Crippen molar-refractivity contribution >= 4 is 16.9 Å². The molecule has 0 aliphatic carbocycles. The van der Waals surface area contributed by atoms with Crippen LogP contribution in [0, 0.1) is 11.8 Å². The minimum absolute atomic E-state index is 0.253. The fraction of sp³-hybridized carbons (Fsp3) is 0.111. The number of pyridine rings is 1. The summed E-state index contributed by atoms with van der Waals surface area (Å²) in [6, 6.07) is 11.3. The Bertz CT molecular complexity index is 905. The van der Waals surface area contributed by atoms with Gasteiger partial charge in [-0.2, -0.15) is 0 Å².